The molecule has 0 saturated heterocycles. The van der Waals surface area contributed by atoms with Gasteiger partial charge in [0.25, 0.3) is 0 Å². The highest BCUT2D eigenvalue weighted by molar-refractivity contribution is 7.13. The van der Waals surface area contributed by atoms with Crippen LogP contribution in [0.2, 0.25) is 0 Å². The zero-order chi connectivity index (χ0) is 12.1. The zero-order valence-corrected chi connectivity index (χ0v) is 10.0. The van der Waals surface area contributed by atoms with Crippen molar-refractivity contribution in [3.05, 3.63) is 41.3 Å². The molecular weight excluding hydrogens is 236 g/mol. The molecule has 0 fully saturated rings. The van der Waals surface area contributed by atoms with Gasteiger partial charge >= 0.3 is 0 Å². The number of aliphatic hydroxyl groups is 1. The van der Waals surface area contributed by atoms with Crippen LogP contribution in [0.3, 0.4) is 0 Å². The Labute approximate surface area is 104 Å². The molecule has 1 aromatic carbocycles. The number of aromatic hydroxyl groups is 1. The van der Waals surface area contributed by atoms with Crippen molar-refractivity contribution in [2.45, 2.75) is 12.5 Å². The molecule has 1 aromatic heterocycles. The largest absolute Gasteiger partial charge is 0.493 e. The number of aromatic nitrogens is 1. The highest BCUT2D eigenvalue weighted by Crippen LogP contribution is 2.20. The lowest BCUT2D eigenvalue weighted by Crippen LogP contribution is -2.26. The second kappa shape index (κ2) is 5.65. The smallest absolute Gasteiger partial charge is 0.223 e. The van der Waals surface area contributed by atoms with Gasteiger partial charge in [-0.2, -0.15) is 4.98 Å². The Morgan fingerprint density at radius 2 is 2.06 bits per heavy atom. The van der Waals surface area contributed by atoms with E-state index in [1.54, 1.807) is 5.38 Å². The maximum Gasteiger partial charge on any atom is 0.223 e. The third kappa shape index (κ3) is 3.44. The molecule has 0 radical (unpaired) electrons. The van der Waals surface area contributed by atoms with E-state index in [9.17, 15) is 5.11 Å². The Morgan fingerprint density at radius 1 is 1.29 bits per heavy atom. The minimum atomic E-state index is -0.0945. The summed E-state index contributed by atoms with van der Waals surface area (Å²) in [5, 5.41) is 23.7. The van der Waals surface area contributed by atoms with Crippen LogP contribution in [-0.2, 0) is 6.42 Å². The second-order valence-corrected chi connectivity index (χ2v) is 4.58. The summed E-state index contributed by atoms with van der Waals surface area (Å²) in [6.07, 6.45) is 0.720. The summed E-state index contributed by atoms with van der Waals surface area (Å²) in [5.41, 5.74) is 1.15. The normalized spacial score (nSPS) is 12.3. The first-order valence-electron chi connectivity index (χ1n) is 5.33. The van der Waals surface area contributed by atoms with E-state index in [0.29, 0.717) is 5.13 Å². The number of rotatable bonds is 5. The predicted molar refractivity (Wildman–Crippen MR) is 68.4 cm³/mol. The lowest BCUT2D eigenvalue weighted by Gasteiger charge is -2.15. The van der Waals surface area contributed by atoms with Crippen molar-refractivity contribution >= 4 is 16.5 Å². The van der Waals surface area contributed by atoms with Crippen LogP contribution in [0.25, 0.3) is 0 Å². The number of nitrogens with one attached hydrogen (secondary N) is 1. The fourth-order valence-corrected chi connectivity index (χ4v) is 2.22. The van der Waals surface area contributed by atoms with Crippen molar-refractivity contribution < 1.29 is 10.2 Å². The molecular formula is C12H14N2O2S. The number of anilines is 1. The minimum Gasteiger partial charge on any atom is -0.493 e. The first-order valence-corrected chi connectivity index (χ1v) is 6.21. The van der Waals surface area contributed by atoms with E-state index in [1.165, 1.54) is 11.3 Å². The van der Waals surface area contributed by atoms with E-state index in [-0.39, 0.29) is 18.5 Å². The molecule has 90 valence electrons. The molecule has 3 N–H and O–H groups in total. The van der Waals surface area contributed by atoms with Gasteiger partial charge in [-0.05, 0) is 12.0 Å². The molecule has 2 aromatic rings. The SMILES string of the molecule is OCC(Cc1ccccc1)Nc1nc(O)cs1. The number of nitrogens with zero attached hydrogens (tertiary/aromatic N) is 1. The van der Waals surface area contributed by atoms with Crippen LogP contribution in [0.15, 0.2) is 35.7 Å². The Bertz CT molecular complexity index is 459. The van der Waals surface area contributed by atoms with Crippen LogP contribution in [0, 0.1) is 0 Å². The molecule has 1 atom stereocenters. The van der Waals surface area contributed by atoms with Gasteiger partial charge in [-0.3, -0.25) is 0 Å². The van der Waals surface area contributed by atoms with Crippen molar-refractivity contribution in [1.29, 1.82) is 0 Å². The van der Waals surface area contributed by atoms with Gasteiger partial charge < -0.3 is 15.5 Å². The Kier molecular flexibility index (Phi) is 3.95. The second-order valence-electron chi connectivity index (χ2n) is 3.72. The number of aliphatic hydroxyl groups excluding tert-OH is 1. The van der Waals surface area contributed by atoms with Crippen LogP contribution in [0.4, 0.5) is 5.13 Å². The average Bonchev–Trinajstić information content (AvgIpc) is 2.75. The summed E-state index contributed by atoms with van der Waals surface area (Å²) in [5.74, 6) is 0.00824. The highest BCUT2D eigenvalue weighted by atomic mass is 32.1. The predicted octanol–water partition coefficient (Wildman–Crippen LogP) is 1.86. The van der Waals surface area contributed by atoms with Crippen molar-refractivity contribution in [1.82, 2.24) is 4.98 Å². The molecule has 5 heteroatoms. The zero-order valence-electron chi connectivity index (χ0n) is 9.21. The van der Waals surface area contributed by atoms with Gasteiger partial charge in [-0.1, -0.05) is 30.3 Å². The summed E-state index contributed by atoms with van der Waals surface area (Å²) in [7, 11) is 0. The standard InChI is InChI=1S/C12H14N2O2S/c15-7-10(6-9-4-2-1-3-5-9)13-12-14-11(16)8-17-12/h1-5,8,10,15-16H,6-7H2,(H,13,14). The molecule has 0 bridgehead atoms. The Hall–Kier alpha value is -1.59. The molecule has 0 amide bonds. The van der Waals surface area contributed by atoms with Crippen molar-refractivity contribution in [3.63, 3.8) is 0 Å². The molecule has 4 nitrogen and oxygen atoms in total. The Balaban J connectivity index is 1.98. The molecule has 1 heterocycles. The number of hydrogen-bond donors (Lipinski definition) is 3. The molecule has 0 spiro atoms. The summed E-state index contributed by atoms with van der Waals surface area (Å²) in [6.45, 7) is 0.0231. The van der Waals surface area contributed by atoms with Crippen LogP contribution < -0.4 is 5.32 Å². The maximum atomic E-state index is 9.31. The summed E-state index contributed by atoms with van der Waals surface area (Å²) >= 11 is 1.32. The molecule has 0 saturated carbocycles. The molecule has 17 heavy (non-hydrogen) atoms. The van der Waals surface area contributed by atoms with Gasteiger partial charge in [0.15, 0.2) is 5.13 Å². The number of hydrogen-bond acceptors (Lipinski definition) is 5. The fraction of sp³-hybridized carbons (Fsp3) is 0.250. The maximum absolute atomic E-state index is 9.31. The van der Waals surface area contributed by atoms with E-state index in [4.69, 9.17) is 5.11 Å². The monoisotopic (exact) mass is 250 g/mol. The highest BCUT2D eigenvalue weighted by Gasteiger charge is 2.10. The quantitative estimate of drug-likeness (QED) is 0.758. The number of benzene rings is 1. The van der Waals surface area contributed by atoms with Gasteiger partial charge in [0, 0.05) is 0 Å². The fourth-order valence-electron chi connectivity index (χ4n) is 1.57. The van der Waals surface area contributed by atoms with E-state index in [0.717, 1.165) is 12.0 Å². The van der Waals surface area contributed by atoms with Crippen LogP contribution >= 0.6 is 11.3 Å². The molecule has 0 aliphatic rings. The lowest BCUT2D eigenvalue weighted by molar-refractivity contribution is 0.273. The first kappa shape index (κ1) is 11.9. The van der Waals surface area contributed by atoms with Crippen molar-refractivity contribution in [2.24, 2.45) is 0 Å². The number of thiazole rings is 1. The molecule has 0 aliphatic carbocycles. The summed E-state index contributed by atoms with van der Waals surface area (Å²) < 4.78 is 0. The van der Waals surface area contributed by atoms with Gasteiger partial charge in [0.2, 0.25) is 5.88 Å². The van der Waals surface area contributed by atoms with Gasteiger partial charge in [-0.15, -0.1) is 11.3 Å². The molecule has 1 unspecified atom stereocenters. The van der Waals surface area contributed by atoms with E-state index < -0.39 is 0 Å². The third-order valence-corrected chi connectivity index (χ3v) is 3.13. The molecule has 0 aliphatic heterocycles. The third-order valence-electron chi connectivity index (χ3n) is 2.36. The first-order chi connectivity index (χ1) is 8.28. The minimum absolute atomic E-state index is 0.00824. The van der Waals surface area contributed by atoms with Gasteiger partial charge in [-0.25, -0.2) is 0 Å². The van der Waals surface area contributed by atoms with Crippen LogP contribution in [0.5, 0.6) is 5.88 Å². The van der Waals surface area contributed by atoms with Gasteiger partial charge in [0.05, 0.1) is 18.0 Å². The topological polar surface area (TPSA) is 65.4 Å². The van der Waals surface area contributed by atoms with Crippen molar-refractivity contribution in [2.75, 3.05) is 11.9 Å². The lowest BCUT2D eigenvalue weighted by atomic mass is 10.1. The molecule has 2 rings (SSSR count). The van der Waals surface area contributed by atoms with E-state index in [1.807, 2.05) is 30.3 Å². The Morgan fingerprint density at radius 3 is 2.65 bits per heavy atom. The average molecular weight is 250 g/mol. The van der Waals surface area contributed by atoms with Crippen molar-refractivity contribution in [3.8, 4) is 5.88 Å². The summed E-state index contributed by atoms with van der Waals surface area (Å²) in [6, 6.07) is 9.85. The van der Waals surface area contributed by atoms with Crippen LogP contribution in [-0.4, -0.2) is 27.8 Å². The van der Waals surface area contributed by atoms with Gasteiger partial charge in [0.1, 0.15) is 0 Å². The van der Waals surface area contributed by atoms with Crippen LogP contribution in [0.1, 0.15) is 5.56 Å². The van der Waals surface area contributed by atoms with E-state index in [2.05, 4.69) is 10.3 Å². The summed E-state index contributed by atoms with van der Waals surface area (Å²) in [4.78, 5) is 3.89. The van der Waals surface area contributed by atoms with E-state index >= 15 is 0 Å².